The van der Waals surface area contributed by atoms with Crippen molar-refractivity contribution in [3.63, 3.8) is 0 Å². The van der Waals surface area contributed by atoms with Crippen LogP contribution >= 0.6 is 0 Å². The van der Waals surface area contributed by atoms with Crippen LogP contribution in [-0.4, -0.2) is 10.2 Å². The molecule has 0 spiro atoms. The molecular formula is C19H16FNO4. The van der Waals surface area contributed by atoms with Crippen molar-refractivity contribution in [3.8, 4) is 5.75 Å². The number of aromatic hydroxyl groups is 1. The molecule has 0 fully saturated rings. The summed E-state index contributed by atoms with van der Waals surface area (Å²) in [4.78, 5) is 12.0. The van der Waals surface area contributed by atoms with Crippen molar-refractivity contribution in [3.05, 3.63) is 93.8 Å². The lowest BCUT2D eigenvalue weighted by Crippen LogP contribution is -2.16. The highest BCUT2D eigenvalue weighted by atomic mass is 19.1. The van der Waals surface area contributed by atoms with Gasteiger partial charge in [-0.15, -0.1) is 0 Å². The van der Waals surface area contributed by atoms with Gasteiger partial charge in [-0.2, -0.15) is 0 Å². The first-order valence-corrected chi connectivity index (χ1v) is 7.62. The fraction of sp³-hybridized carbons (Fsp3) is 0.105. The predicted molar refractivity (Wildman–Crippen MR) is 90.9 cm³/mol. The van der Waals surface area contributed by atoms with Gasteiger partial charge in [-0.05, 0) is 29.8 Å². The van der Waals surface area contributed by atoms with Gasteiger partial charge in [-0.25, -0.2) is 4.39 Å². The summed E-state index contributed by atoms with van der Waals surface area (Å²) in [6, 6.07) is 15.0. The van der Waals surface area contributed by atoms with Crippen molar-refractivity contribution < 1.29 is 19.0 Å². The number of hydrogen-bond acceptors (Lipinski definition) is 5. The van der Waals surface area contributed by atoms with Crippen molar-refractivity contribution in [2.45, 2.75) is 12.6 Å². The fourth-order valence-corrected chi connectivity index (χ4v) is 2.49. The van der Waals surface area contributed by atoms with Crippen LogP contribution < -0.4 is 10.7 Å². The van der Waals surface area contributed by atoms with Crippen LogP contribution in [0.2, 0.25) is 0 Å². The molecule has 1 atom stereocenters. The smallest absolute Gasteiger partial charge is 0.227 e. The van der Waals surface area contributed by atoms with E-state index in [9.17, 15) is 19.4 Å². The van der Waals surface area contributed by atoms with E-state index in [2.05, 4.69) is 5.32 Å². The molecule has 3 rings (SSSR count). The topological polar surface area (TPSA) is 82.7 Å². The number of aliphatic hydroxyl groups excluding tert-OH is 1. The maximum atomic E-state index is 13.3. The van der Waals surface area contributed by atoms with Crippen LogP contribution in [0.3, 0.4) is 0 Å². The van der Waals surface area contributed by atoms with E-state index in [0.29, 0.717) is 11.3 Å². The molecule has 2 aromatic carbocycles. The zero-order valence-electron chi connectivity index (χ0n) is 13.1. The van der Waals surface area contributed by atoms with Crippen LogP contribution in [0.4, 0.5) is 10.1 Å². The molecule has 128 valence electrons. The van der Waals surface area contributed by atoms with Crippen molar-refractivity contribution in [1.82, 2.24) is 0 Å². The minimum absolute atomic E-state index is 0.0276. The van der Waals surface area contributed by atoms with Gasteiger partial charge in [-0.1, -0.05) is 30.3 Å². The average molecular weight is 341 g/mol. The zero-order valence-corrected chi connectivity index (χ0v) is 13.1. The molecule has 3 aromatic rings. The molecule has 1 unspecified atom stereocenters. The van der Waals surface area contributed by atoms with Crippen LogP contribution in [0, 0.1) is 5.82 Å². The molecule has 0 aliphatic heterocycles. The van der Waals surface area contributed by atoms with E-state index in [1.165, 1.54) is 24.3 Å². The summed E-state index contributed by atoms with van der Waals surface area (Å²) in [6.07, 6.45) is 0. The lowest BCUT2D eigenvalue weighted by molar-refractivity contribution is 0.234. The number of hydrogen-bond donors (Lipinski definition) is 3. The summed E-state index contributed by atoms with van der Waals surface area (Å²) >= 11 is 0. The summed E-state index contributed by atoms with van der Waals surface area (Å²) in [6.45, 7) is -0.482. The third-order valence-electron chi connectivity index (χ3n) is 3.71. The minimum atomic E-state index is -0.748. The second kappa shape index (κ2) is 7.19. The first-order valence-electron chi connectivity index (χ1n) is 7.62. The van der Waals surface area contributed by atoms with E-state index in [-0.39, 0.29) is 11.5 Å². The summed E-state index contributed by atoms with van der Waals surface area (Å²) in [5.74, 6) is -0.987. The Kier molecular flexibility index (Phi) is 4.81. The monoisotopic (exact) mass is 341 g/mol. The second-order valence-corrected chi connectivity index (χ2v) is 5.44. The van der Waals surface area contributed by atoms with E-state index >= 15 is 0 Å². The summed E-state index contributed by atoms with van der Waals surface area (Å²) < 4.78 is 18.8. The zero-order chi connectivity index (χ0) is 17.8. The molecule has 0 bridgehead atoms. The Balaban J connectivity index is 2.12. The standard InChI is InChI=1S/C19H16FNO4/c20-13-8-6-12(7-9-13)17(21-14-4-2-1-3-5-14)19-18(24)16(23)10-15(11-22)25-19/h1-10,17,21-22,24H,11H2. The molecule has 0 saturated carbocycles. The van der Waals surface area contributed by atoms with Crippen LogP contribution in [0.5, 0.6) is 5.75 Å². The highest BCUT2D eigenvalue weighted by molar-refractivity contribution is 5.49. The van der Waals surface area contributed by atoms with Crippen molar-refractivity contribution in [2.24, 2.45) is 0 Å². The number of halogens is 1. The minimum Gasteiger partial charge on any atom is -0.502 e. The molecule has 0 amide bonds. The highest BCUT2D eigenvalue weighted by Gasteiger charge is 2.23. The van der Waals surface area contributed by atoms with Gasteiger partial charge in [0.2, 0.25) is 11.2 Å². The fourth-order valence-electron chi connectivity index (χ4n) is 2.49. The Labute approximate surface area is 143 Å². The Hall–Kier alpha value is -3.12. The van der Waals surface area contributed by atoms with Gasteiger partial charge >= 0.3 is 0 Å². The lowest BCUT2D eigenvalue weighted by Gasteiger charge is -2.21. The summed E-state index contributed by atoms with van der Waals surface area (Å²) in [7, 11) is 0. The van der Waals surface area contributed by atoms with Gasteiger partial charge in [0.15, 0.2) is 5.76 Å². The Morgan fingerprint density at radius 2 is 1.76 bits per heavy atom. The Morgan fingerprint density at radius 1 is 1.08 bits per heavy atom. The molecule has 0 aliphatic carbocycles. The first kappa shape index (κ1) is 16.7. The SMILES string of the molecule is O=c1cc(CO)oc(C(Nc2ccccc2)c2ccc(F)cc2)c1O. The van der Waals surface area contributed by atoms with Gasteiger partial charge < -0.3 is 19.9 Å². The summed E-state index contributed by atoms with van der Waals surface area (Å²) in [5, 5.41) is 22.6. The third-order valence-corrected chi connectivity index (χ3v) is 3.71. The molecule has 1 heterocycles. The molecule has 3 N–H and O–H groups in total. The largest absolute Gasteiger partial charge is 0.502 e. The van der Waals surface area contributed by atoms with Gasteiger partial charge in [-0.3, -0.25) is 4.79 Å². The molecule has 5 nitrogen and oxygen atoms in total. The van der Waals surface area contributed by atoms with Crippen molar-refractivity contribution >= 4 is 5.69 Å². The molecule has 0 aliphatic rings. The normalized spacial score (nSPS) is 11.9. The molecule has 6 heteroatoms. The van der Waals surface area contributed by atoms with E-state index in [0.717, 1.165) is 6.07 Å². The van der Waals surface area contributed by atoms with Crippen LogP contribution in [0.1, 0.15) is 23.1 Å². The number of nitrogens with one attached hydrogen (secondary N) is 1. The molecule has 1 aromatic heterocycles. The van der Waals surface area contributed by atoms with Crippen LogP contribution in [0.15, 0.2) is 69.9 Å². The van der Waals surface area contributed by atoms with Crippen LogP contribution in [-0.2, 0) is 6.61 Å². The number of anilines is 1. The van der Waals surface area contributed by atoms with E-state index in [1.807, 2.05) is 30.3 Å². The predicted octanol–water partition coefficient (Wildman–Crippen LogP) is 3.18. The van der Waals surface area contributed by atoms with Gasteiger partial charge in [0.25, 0.3) is 0 Å². The summed E-state index contributed by atoms with van der Waals surface area (Å²) in [5.41, 5.74) is 0.638. The average Bonchev–Trinajstić information content (AvgIpc) is 2.64. The second-order valence-electron chi connectivity index (χ2n) is 5.44. The highest BCUT2D eigenvalue weighted by Crippen LogP contribution is 2.31. The number of para-hydroxylation sites is 1. The quantitative estimate of drug-likeness (QED) is 0.664. The molecule has 0 radical (unpaired) electrons. The number of rotatable bonds is 5. The Bertz CT molecular complexity index is 907. The van der Waals surface area contributed by atoms with Crippen molar-refractivity contribution in [1.29, 1.82) is 0 Å². The van der Waals surface area contributed by atoms with E-state index in [4.69, 9.17) is 4.42 Å². The molecule has 25 heavy (non-hydrogen) atoms. The Morgan fingerprint density at radius 3 is 2.40 bits per heavy atom. The lowest BCUT2D eigenvalue weighted by atomic mass is 10.0. The van der Waals surface area contributed by atoms with Gasteiger partial charge in [0.05, 0.1) is 0 Å². The molecular weight excluding hydrogens is 325 g/mol. The maximum Gasteiger partial charge on any atom is 0.227 e. The van der Waals surface area contributed by atoms with E-state index in [1.54, 1.807) is 0 Å². The van der Waals surface area contributed by atoms with E-state index < -0.39 is 29.6 Å². The maximum absolute atomic E-state index is 13.3. The number of benzene rings is 2. The van der Waals surface area contributed by atoms with Gasteiger partial charge in [0, 0.05) is 11.8 Å². The van der Waals surface area contributed by atoms with Gasteiger partial charge in [0.1, 0.15) is 24.2 Å². The first-order chi connectivity index (χ1) is 12.1. The van der Waals surface area contributed by atoms with Crippen molar-refractivity contribution in [2.75, 3.05) is 5.32 Å². The third kappa shape index (κ3) is 3.70. The van der Waals surface area contributed by atoms with Crippen LogP contribution in [0.25, 0.3) is 0 Å². The number of aliphatic hydroxyl groups is 1. The molecule has 0 saturated heterocycles.